The molecule has 5 aromatic rings. The quantitative estimate of drug-likeness (QED) is 0.103. The third-order valence-electron chi connectivity index (χ3n) is 11.4. The number of cyclic esters (lactones) is 1. The lowest BCUT2D eigenvalue weighted by Gasteiger charge is -2.46. The summed E-state index contributed by atoms with van der Waals surface area (Å²) in [6, 6.07) is 32.4. The van der Waals surface area contributed by atoms with Gasteiger partial charge in [0.1, 0.15) is 29.2 Å². The highest BCUT2D eigenvalue weighted by molar-refractivity contribution is 6.24. The minimum atomic E-state index is -2.17. The third-order valence-corrected chi connectivity index (χ3v) is 11.4. The maximum Gasteiger partial charge on any atom is 0.329 e. The van der Waals surface area contributed by atoms with Crippen LogP contribution in [0, 0.1) is 17.8 Å². The Morgan fingerprint density at radius 2 is 1.46 bits per heavy atom. The molecule has 3 aliphatic rings. The number of benzene rings is 5. The van der Waals surface area contributed by atoms with Crippen molar-refractivity contribution in [1.82, 2.24) is 15.5 Å². The summed E-state index contributed by atoms with van der Waals surface area (Å²) in [5, 5.41) is 27.3. The number of nitrogens with one attached hydrogen (secondary N) is 2. The molecule has 296 valence electrons. The lowest BCUT2D eigenvalue weighted by Crippen LogP contribution is -2.54. The number of urea groups is 2. The zero-order valence-corrected chi connectivity index (χ0v) is 31.7. The molecule has 3 heterocycles. The third kappa shape index (κ3) is 6.59. The number of anilines is 1. The van der Waals surface area contributed by atoms with Crippen LogP contribution in [0.2, 0.25) is 0 Å². The van der Waals surface area contributed by atoms with Crippen molar-refractivity contribution in [2.75, 3.05) is 11.4 Å². The number of rotatable bonds is 7. The van der Waals surface area contributed by atoms with Gasteiger partial charge in [0.25, 0.3) is 0 Å². The maximum atomic E-state index is 15.9. The number of hydrogen-bond acceptors (Lipinski definition) is 8. The lowest BCUT2D eigenvalue weighted by atomic mass is 9.65. The number of aliphatic carboxylic acids is 1. The molecule has 5 aromatic carbocycles. The van der Waals surface area contributed by atoms with Crippen molar-refractivity contribution in [3.05, 3.63) is 167 Å². The SMILES string of the molecule is C[C@@H](NC(=O)N1C(=O)[C@@]2(c3cc(C#CCNC(N)=O)ccc31)[C@H](c1ccc(O)cc1)N1[C@H](c3ccccc3)[C@H](c3ccccc3)OC(=O)[C@H]1[C@@H]2C(=O)O)c1ccccc1. The molecule has 2 fully saturated rings. The second-order valence-electron chi connectivity index (χ2n) is 14.7. The van der Waals surface area contributed by atoms with Crippen LogP contribution < -0.4 is 21.3 Å². The van der Waals surface area contributed by atoms with Crippen LogP contribution in [0.15, 0.2) is 133 Å². The molecule has 0 unspecified atom stereocenters. The second kappa shape index (κ2) is 15.5. The van der Waals surface area contributed by atoms with Gasteiger partial charge in [0.05, 0.1) is 30.4 Å². The fourth-order valence-electron chi connectivity index (χ4n) is 8.97. The Hall–Kier alpha value is -7.43. The normalized spacial score (nSPS) is 23.6. The van der Waals surface area contributed by atoms with Crippen LogP contribution in [0.3, 0.4) is 0 Å². The number of aromatic hydroxyl groups is 1. The standard InChI is InChI=1S/C46H39N5O8/c1-27(29-13-5-2-6-14-29)49-45(58)50-35-24-19-28(12-11-25-48-44(47)57)26-34(35)46(43(50)56)36(41(53)54)38-42(55)59-39(31-17-9-4-10-18-31)37(30-15-7-3-8-16-30)51(38)40(46)32-20-22-33(52)23-21-32/h2-10,13-24,26-27,36-40,52H,25H2,1H3,(H,49,58)(H,53,54)(H3,47,48,57)/t27-,36-,37-,38-,39+,40+,46-/m1/s1. The molecule has 1 spiro atoms. The van der Waals surface area contributed by atoms with Gasteiger partial charge in [0, 0.05) is 5.56 Å². The first-order chi connectivity index (χ1) is 28.5. The van der Waals surface area contributed by atoms with Gasteiger partial charge in [-0.3, -0.25) is 19.3 Å². The average molecular weight is 790 g/mol. The summed E-state index contributed by atoms with van der Waals surface area (Å²) >= 11 is 0. The predicted molar refractivity (Wildman–Crippen MR) is 216 cm³/mol. The van der Waals surface area contributed by atoms with Crippen molar-refractivity contribution in [2.24, 2.45) is 11.7 Å². The molecule has 8 rings (SSSR count). The molecule has 59 heavy (non-hydrogen) atoms. The number of carbonyl (C=O) groups is 5. The maximum absolute atomic E-state index is 15.9. The van der Waals surface area contributed by atoms with E-state index < -0.39 is 71.5 Å². The van der Waals surface area contributed by atoms with E-state index in [-0.39, 0.29) is 23.5 Å². The molecule has 0 aromatic heterocycles. The van der Waals surface area contributed by atoms with E-state index in [0.29, 0.717) is 22.3 Å². The second-order valence-corrected chi connectivity index (χ2v) is 14.7. The molecule has 3 aliphatic heterocycles. The summed E-state index contributed by atoms with van der Waals surface area (Å²) in [6.45, 7) is 1.67. The number of nitrogens with two attached hydrogens (primary N) is 1. The number of hydrogen-bond donors (Lipinski definition) is 5. The van der Waals surface area contributed by atoms with Crippen LogP contribution in [0.4, 0.5) is 15.3 Å². The van der Waals surface area contributed by atoms with Crippen molar-refractivity contribution < 1.29 is 38.9 Å². The van der Waals surface area contributed by atoms with Crippen molar-refractivity contribution in [1.29, 1.82) is 0 Å². The average Bonchev–Trinajstić information content (AvgIpc) is 3.70. The minimum absolute atomic E-state index is 0.0804. The molecule has 0 aliphatic carbocycles. The van der Waals surface area contributed by atoms with Crippen LogP contribution in [-0.4, -0.2) is 57.6 Å². The number of primary amides is 1. The summed E-state index contributed by atoms with van der Waals surface area (Å²) in [5.41, 5.74) is 6.15. The Bertz CT molecular complexity index is 2510. The zero-order valence-electron chi connectivity index (χ0n) is 31.7. The zero-order chi connectivity index (χ0) is 41.4. The van der Waals surface area contributed by atoms with E-state index in [0.717, 1.165) is 10.5 Å². The molecular weight excluding hydrogens is 751 g/mol. The number of amides is 5. The molecule has 0 saturated carbocycles. The van der Waals surface area contributed by atoms with Crippen molar-refractivity contribution in [3.8, 4) is 17.6 Å². The Kier molecular flexibility index (Phi) is 10.1. The molecule has 13 nitrogen and oxygen atoms in total. The van der Waals surface area contributed by atoms with Gasteiger partial charge in [0.15, 0.2) is 0 Å². The Morgan fingerprint density at radius 3 is 2.08 bits per heavy atom. The molecule has 7 atom stereocenters. The van der Waals surface area contributed by atoms with E-state index in [9.17, 15) is 29.4 Å². The first-order valence-electron chi connectivity index (χ1n) is 19.0. The lowest BCUT2D eigenvalue weighted by molar-refractivity contribution is -0.179. The fourth-order valence-corrected chi connectivity index (χ4v) is 8.97. The predicted octanol–water partition coefficient (Wildman–Crippen LogP) is 5.63. The fraction of sp³-hybridized carbons (Fsp3) is 0.196. The van der Waals surface area contributed by atoms with E-state index in [1.165, 1.54) is 18.2 Å². The van der Waals surface area contributed by atoms with E-state index in [1.807, 2.05) is 91.0 Å². The van der Waals surface area contributed by atoms with Gasteiger partial charge >= 0.3 is 24.0 Å². The van der Waals surface area contributed by atoms with Gasteiger partial charge in [-0.2, -0.15) is 0 Å². The highest BCUT2D eigenvalue weighted by Crippen LogP contribution is 2.66. The van der Waals surface area contributed by atoms with E-state index in [4.69, 9.17) is 10.5 Å². The topological polar surface area (TPSA) is 192 Å². The van der Waals surface area contributed by atoms with Crippen LogP contribution in [-0.2, 0) is 24.5 Å². The Balaban J connectivity index is 1.40. The number of esters is 1. The van der Waals surface area contributed by atoms with Crippen molar-refractivity contribution >= 4 is 35.6 Å². The van der Waals surface area contributed by atoms with Gasteiger partial charge in [-0.15, -0.1) is 0 Å². The number of imide groups is 1. The molecule has 0 bridgehead atoms. The number of carbonyl (C=O) groups excluding carboxylic acids is 4. The van der Waals surface area contributed by atoms with Crippen LogP contribution >= 0.6 is 0 Å². The highest BCUT2D eigenvalue weighted by atomic mass is 16.6. The molecule has 0 radical (unpaired) electrons. The number of carboxylic acids is 1. The molecule has 5 amide bonds. The van der Waals surface area contributed by atoms with E-state index in [1.54, 1.807) is 36.1 Å². The summed E-state index contributed by atoms with van der Waals surface area (Å²) in [4.78, 5) is 73.4. The van der Waals surface area contributed by atoms with Crippen LogP contribution in [0.5, 0.6) is 5.75 Å². The number of phenolic OH excluding ortho intramolecular Hbond substituents is 1. The smallest absolute Gasteiger partial charge is 0.329 e. The molecule has 13 heteroatoms. The monoisotopic (exact) mass is 789 g/mol. The summed E-state index contributed by atoms with van der Waals surface area (Å²) in [5.74, 6) is 0.676. The number of carboxylic acid groups (broad SMARTS) is 1. The minimum Gasteiger partial charge on any atom is -0.508 e. The number of morpholine rings is 1. The Labute approximate surface area is 339 Å². The van der Waals surface area contributed by atoms with Gasteiger partial charge in [0.2, 0.25) is 5.91 Å². The van der Waals surface area contributed by atoms with Crippen molar-refractivity contribution in [2.45, 2.75) is 42.6 Å². The van der Waals surface area contributed by atoms with Gasteiger partial charge in [-0.25, -0.2) is 14.5 Å². The number of phenols is 1. The Morgan fingerprint density at radius 1 is 0.831 bits per heavy atom. The highest BCUT2D eigenvalue weighted by Gasteiger charge is 2.76. The molecule has 6 N–H and O–H groups in total. The molecular formula is C46H39N5O8. The molecule has 2 saturated heterocycles. The largest absolute Gasteiger partial charge is 0.508 e. The van der Waals surface area contributed by atoms with E-state index >= 15 is 4.79 Å². The van der Waals surface area contributed by atoms with Gasteiger partial charge in [-0.05, 0) is 65.1 Å². The first-order valence-corrected chi connectivity index (χ1v) is 19.0. The van der Waals surface area contributed by atoms with E-state index in [2.05, 4.69) is 22.5 Å². The number of ether oxygens (including phenoxy) is 1. The summed E-state index contributed by atoms with van der Waals surface area (Å²) in [6.07, 6.45) is -0.955. The van der Waals surface area contributed by atoms with Gasteiger partial charge in [-0.1, -0.05) is 115 Å². The number of nitrogens with zero attached hydrogens (tertiary/aromatic N) is 2. The summed E-state index contributed by atoms with van der Waals surface area (Å²) < 4.78 is 6.29. The summed E-state index contributed by atoms with van der Waals surface area (Å²) in [7, 11) is 0. The van der Waals surface area contributed by atoms with Crippen LogP contribution in [0.25, 0.3) is 0 Å². The van der Waals surface area contributed by atoms with Gasteiger partial charge < -0.3 is 31.3 Å². The number of fused-ring (bicyclic) bond motifs is 3. The van der Waals surface area contributed by atoms with Crippen LogP contribution in [0.1, 0.15) is 64.5 Å². The first kappa shape index (κ1) is 38.4. The van der Waals surface area contributed by atoms with Crippen molar-refractivity contribution in [3.63, 3.8) is 0 Å².